The number of hydrogen-bond acceptors (Lipinski definition) is 4. The molecule has 0 saturated carbocycles. The van der Waals surface area contributed by atoms with E-state index < -0.39 is 0 Å². The van der Waals surface area contributed by atoms with Crippen LogP contribution in [0.25, 0.3) is 0 Å². The monoisotopic (exact) mass is 312 g/mol. The molecular weight excluding hydrogens is 291 g/mol. The highest BCUT2D eigenvalue weighted by Gasteiger charge is 2.23. The number of aromatic nitrogens is 2. The minimum atomic E-state index is -0.179. The standard InChI is InChI=1S/C18H21FN4/c19-14-5-7-15(8-6-14)22-9-2-10-23(12-11-22)18-16-3-1-4-17(16)20-13-21-18/h5-8,13H,1-4,9-12H2. The number of anilines is 2. The van der Waals surface area contributed by atoms with E-state index in [1.807, 2.05) is 12.1 Å². The van der Waals surface area contributed by atoms with Crippen LogP contribution < -0.4 is 9.80 Å². The summed E-state index contributed by atoms with van der Waals surface area (Å²) in [5.74, 6) is 0.954. The van der Waals surface area contributed by atoms with E-state index in [0.29, 0.717) is 0 Å². The Morgan fingerprint density at radius 3 is 2.48 bits per heavy atom. The van der Waals surface area contributed by atoms with E-state index in [2.05, 4.69) is 19.8 Å². The second-order valence-electron chi connectivity index (χ2n) is 6.28. The summed E-state index contributed by atoms with van der Waals surface area (Å²) >= 11 is 0. The Kier molecular flexibility index (Phi) is 3.85. The highest BCUT2D eigenvalue weighted by atomic mass is 19.1. The summed E-state index contributed by atoms with van der Waals surface area (Å²) in [5.41, 5.74) is 3.68. The highest BCUT2D eigenvalue weighted by Crippen LogP contribution is 2.28. The first-order valence-electron chi connectivity index (χ1n) is 8.39. The fraction of sp³-hybridized carbons (Fsp3) is 0.444. The molecule has 0 atom stereocenters. The number of nitrogens with zero attached hydrogens (tertiary/aromatic N) is 4. The van der Waals surface area contributed by atoms with E-state index in [9.17, 15) is 4.39 Å². The molecule has 0 amide bonds. The topological polar surface area (TPSA) is 32.3 Å². The first-order chi connectivity index (χ1) is 11.3. The smallest absolute Gasteiger partial charge is 0.135 e. The predicted octanol–water partition coefficient (Wildman–Crippen LogP) is 2.82. The summed E-state index contributed by atoms with van der Waals surface area (Å²) in [7, 11) is 0. The molecule has 23 heavy (non-hydrogen) atoms. The largest absolute Gasteiger partial charge is 0.370 e. The number of rotatable bonds is 2. The Morgan fingerprint density at radius 1 is 0.826 bits per heavy atom. The SMILES string of the molecule is Fc1ccc(N2CCCN(c3ncnc4c3CCC4)CC2)cc1. The second kappa shape index (κ2) is 6.14. The van der Waals surface area contributed by atoms with Crippen LogP contribution in [0.15, 0.2) is 30.6 Å². The molecule has 0 N–H and O–H groups in total. The molecule has 1 aromatic heterocycles. The average Bonchev–Trinajstić information content (AvgIpc) is 2.93. The van der Waals surface area contributed by atoms with Gasteiger partial charge in [-0.25, -0.2) is 14.4 Å². The van der Waals surface area contributed by atoms with Crippen molar-refractivity contribution in [3.05, 3.63) is 47.7 Å². The molecule has 1 aliphatic heterocycles. The Bertz CT molecular complexity index is 686. The van der Waals surface area contributed by atoms with Gasteiger partial charge in [0.2, 0.25) is 0 Å². The summed E-state index contributed by atoms with van der Waals surface area (Å²) in [5, 5.41) is 0. The minimum absolute atomic E-state index is 0.179. The molecule has 0 radical (unpaired) electrons. The van der Waals surface area contributed by atoms with E-state index in [-0.39, 0.29) is 5.82 Å². The van der Waals surface area contributed by atoms with Crippen molar-refractivity contribution in [1.29, 1.82) is 0 Å². The Morgan fingerprint density at radius 2 is 1.61 bits per heavy atom. The van der Waals surface area contributed by atoms with E-state index in [1.165, 1.54) is 29.8 Å². The molecular formula is C18H21FN4. The molecule has 4 rings (SSSR count). The number of benzene rings is 1. The van der Waals surface area contributed by atoms with Crippen molar-refractivity contribution in [2.75, 3.05) is 36.0 Å². The van der Waals surface area contributed by atoms with Gasteiger partial charge >= 0.3 is 0 Å². The summed E-state index contributed by atoms with van der Waals surface area (Å²) in [4.78, 5) is 13.7. The van der Waals surface area contributed by atoms with Crippen LogP contribution >= 0.6 is 0 Å². The maximum absolute atomic E-state index is 13.1. The third-order valence-corrected chi connectivity index (χ3v) is 4.84. The van der Waals surface area contributed by atoms with Crippen molar-refractivity contribution < 1.29 is 4.39 Å². The molecule has 1 aliphatic carbocycles. The molecule has 1 aromatic carbocycles. The molecule has 1 saturated heterocycles. The zero-order valence-corrected chi connectivity index (χ0v) is 13.2. The average molecular weight is 312 g/mol. The van der Waals surface area contributed by atoms with Crippen molar-refractivity contribution in [3.63, 3.8) is 0 Å². The third kappa shape index (κ3) is 2.87. The van der Waals surface area contributed by atoms with Gasteiger partial charge in [-0.15, -0.1) is 0 Å². The lowest BCUT2D eigenvalue weighted by Gasteiger charge is -2.25. The van der Waals surface area contributed by atoms with Crippen molar-refractivity contribution in [2.45, 2.75) is 25.7 Å². The molecule has 2 heterocycles. The van der Waals surface area contributed by atoms with Gasteiger partial charge in [-0.2, -0.15) is 0 Å². The van der Waals surface area contributed by atoms with Gasteiger partial charge in [-0.3, -0.25) is 0 Å². The maximum Gasteiger partial charge on any atom is 0.135 e. The molecule has 120 valence electrons. The second-order valence-corrected chi connectivity index (χ2v) is 6.28. The molecule has 5 heteroatoms. The van der Waals surface area contributed by atoms with Crippen LogP contribution in [0.3, 0.4) is 0 Å². The highest BCUT2D eigenvalue weighted by molar-refractivity contribution is 5.52. The van der Waals surface area contributed by atoms with E-state index in [1.54, 1.807) is 6.33 Å². The fourth-order valence-corrected chi connectivity index (χ4v) is 3.65. The van der Waals surface area contributed by atoms with Gasteiger partial charge < -0.3 is 9.80 Å². The normalized spacial score (nSPS) is 18.0. The Hall–Kier alpha value is -2.17. The molecule has 0 bridgehead atoms. The van der Waals surface area contributed by atoms with Gasteiger partial charge in [0.15, 0.2) is 0 Å². The number of fused-ring (bicyclic) bond motifs is 1. The van der Waals surface area contributed by atoms with Crippen LogP contribution in [-0.2, 0) is 12.8 Å². The summed E-state index contributed by atoms with van der Waals surface area (Å²) in [6.07, 6.45) is 6.17. The molecule has 2 aliphatic rings. The summed E-state index contributed by atoms with van der Waals surface area (Å²) < 4.78 is 13.1. The van der Waals surface area contributed by atoms with Crippen molar-refractivity contribution in [3.8, 4) is 0 Å². The van der Waals surface area contributed by atoms with Crippen molar-refractivity contribution in [2.24, 2.45) is 0 Å². The van der Waals surface area contributed by atoms with Gasteiger partial charge in [0.05, 0.1) is 0 Å². The van der Waals surface area contributed by atoms with E-state index in [4.69, 9.17) is 0 Å². The lowest BCUT2D eigenvalue weighted by Crippen LogP contribution is -2.31. The molecule has 2 aromatic rings. The summed E-state index contributed by atoms with van der Waals surface area (Å²) in [6.45, 7) is 3.89. The minimum Gasteiger partial charge on any atom is -0.370 e. The quantitative estimate of drug-likeness (QED) is 0.853. The van der Waals surface area contributed by atoms with Gasteiger partial charge in [-0.1, -0.05) is 0 Å². The Labute approximate surface area is 136 Å². The van der Waals surface area contributed by atoms with Crippen LogP contribution in [0.4, 0.5) is 15.9 Å². The van der Waals surface area contributed by atoms with Gasteiger partial charge in [0.25, 0.3) is 0 Å². The van der Waals surface area contributed by atoms with Gasteiger partial charge in [0, 0.05) is 43.1 Å². The zero-order valence-electron chi connectivity index (χ0n) is 13.2. The van der Waals surface area contributed by atoms with Crippen LogP contribution in [0.1, 0.15) is 24.1 Å². The molecule has 0 unspecified atom stereocenters. The predicted molar refractivity (Wildman–Crippen MR) is 89.5 cm³/mol. The van der Waals surface area contributed by atoms with E-state index >= 15 is 0 Å². The molecule has 0 spiro atoms. The fourth-order valence-electron chi connectivity index (χ4n) is 3.65. The Balaban J connectivity index is 1.51. The van der Waals surface area contributed by atoms with Crippen molar-refractivity contribution >= 4 is 11.5 Å². The number of aryl methyl sites for hydroxylation is 1. The van der Waals surface area contributed by atoms with Crippen LogP contribution in [0, 0.1) is 5.82 Å². The van der Waals surface area contributed by atoms with Gasteiger partial charge in [0.1, 0.15) is 18.0 Å². The first-order valence-corrected chi connectivity index (χ1v) is 8.39. The van der Waals surface area contributed by atoms with Crippen LogP contribution in [0.2, 0.25) is 0 Å². The number of halogens is 1. The van der Waals surface area contributed by atoms with Crippen LogP contribution in [-0.4, -0.2) is 36.1 Å². The van der Waals surface area contributed by atoms with Gasteiger partial charge in [-0.05, 0) is 49.9 Å². The van der Waals surface area contributed by atoms with Crippen molar-refractivity contribution in [1.82, 2.24) is 9.97 Å². The lowest BCUT2D eigenvalue weighted by molar-refractivity contribution is 0.627. The molecule has 1 fully saturated rings. The molecule has 4 nitrogen and oxygen atoms in total. The number of hydrogen-bond donors (Lipinski definition) is 0. The third-order valence-electron chi connectivity index (χ3n) is 4.84. The summed E-state index contributed by atoms with van der Waals surface area (Å²) in [6, 6.07) is 6.81. The first kappa shape index (κ1) is 14.4. The lowest BCUT2D eigenvalue weighted by atomic mass is 10.2. The maximum atomic E-state index is 13.1. The zero-order chi connectivity index (χ0) is 15.6. The van der Waals surface area contributed by atoms with E-state index in [0.717, 1.165) is 56.9 Å². The van der Waals surface area contributed by atoms with Crippen LogP contribution in [0.5, 0.6) is 0 Å².